The highest BCUT2D eigenvalue weighted by Crippen LogP contribution is 2.00. The van der Waals surface area contributed by atoms with E-state index in [-0.39, 0.29) is 6.61 Å². The smallest absolute Gasteiger partial charge is 0.450 e. The van der Waals surface area contributed by atoms with Crippen LogP contribution in [0.4, 0.5) is 4.79 Å². The van der Waals surface area contributed by atoms with Crippen molar-refractivity contribution in [2.24, 2.45) is 5.11 Å². The van der Waals surface area contributed by atoms with E-state index in [2.05, 4.69) is 14.8 Å². The largest absolute Gasteiger partial charge is 0.505 e. The Labute approximate surface area is 76.1 Å². The summed E-state index contributed by atoms with van der Waals surface area (Å²) in [7, 11) is 0. The zero-order chi connectivity index (χ0) is 9.94. The molecule has 0 saturated carbocycles. The summed E-state index contributed by atoms with van der Waals surface area (Å²) in [6.07, 6.45) is 2.17. The fourth-order valence-corrected chi connectivity index (χ4v) is 0.842. The average Bonchev–Trinajstić information content (AvgIpc) is 2.09. The standard InChI is InChI=1S/C7H13N3O3/c8-10-9-5-3-1-2-4-6-13-7(11)12/h1-6H2,(H,11,12). The Balaban J connectivity index is 2.99. The second-order valence-electron chi connectivity index (χ2n) is 2.48. The van der Waals surface area contributed by atoms with Gasteiger partial charge in [0.25, 0.3) is 0 Å². The molecule has 0 heterocycles. The molecule has 0 atom stereocenters. The predicted molar refractivity (Wildman–Crippen MR) is 46.5 cm³/mol. The van der Waals surface area contributed by atoms with Crippen molar-refractivity contribution in [3.63, 3.8) is 0 Å². The quantitative estimate of drug-likeness (QED) is 0.218. The van der Waals surface area contributed by atoms with Gasteiger partial charge in [-0.25, -0.2) is 4.79 Å². The zero-order valence-corrected chi connectivity index (χ0v) is 7.35. The van der Waals surface area contributed by atoms with Gasteiger partial charge >= 0.3 is 6.16 Å². The van der Waals surface area contributed by atoms with Crippen LogP contribution in [-0.2, 0) is 4.74 Å². The molecule has 74 valence electrons. The first kappa shape index (κ1) is 11.6. The van der Waals surface area contributed by atoms with Gasteiger partial charge in [-0.3, -0.25) is 0 Å². The van der Waals surface area contributed by atoms with Crippen LogP contribution in [0.5, 0.6) is 0 Å². The molecule has 0 aliphatic carbocycles. The lowest BCUT2D eigenvalue weighted by Crippen LogP contribution is -2.01. The molecule has 0 spiro atoms. The number of nitrogens with zero attached hydrogens (tertiary/aromatic N) is 3. The molecule has 0 amide bonds. The minimum absolute atomic E-state index is 0.247. The molecule has 1 N–H and O–H groups in total. The lowest BCUT2D eigenvalue weighted by atomic mass is 10.2. The molecule has 0 unspecified atom stereocenters. The normalized spacial score (nSPS) is 8.92. The number of unbranched alkanes of at least 4 members (excludes halogenated alkanes) is 3. The van der Waals surface area contributed by atoms with Gasteiger partial charge in [0, 0.05) is 11.5 Å². The molecule has 0 aromatic carbocycles. The van der Waals surface area contributed by atoms with Gasteiger partial charge in [-0.1, -0.05) is 18.0 Å². The molecule has 0 radical (unpaired) electrons. The number of ether oxygens (including phenoxy) is 1. The topological polar surface area (TPSA) is 95.3 Å². The molecule has 6 nitrogen and oxygen atoms in total. The van der Waals surface area contributed by atoms with Crippen molar-refractivity contribution in [3.05, 3.63) is 10.4 Å². The van der Waals surface area contributed by atoms with Crippen LogP contribution in [0.2, 0.25) is 0 Å². The second kappa shape index (κ2) is 8.67. The van der Waals surface area contributed by atoms with E-state index in [1.54, 1.807) is 0 Å². The molecule has 0 aromatic heterocycles. The molecule has 6 heteroatoms. The van der Waals surface area contributed by atoms with Gasteiger partial charge in [0.05, 0.1) is 6.61 Å². The minimum atomic E-state index is -1.23. The first-order chi connectivity index (χ1) is 6.27. The number of azide groups is 1. The highest BCUT2D eigenvalue weighted by Gasteiger charge is 1.94. The number of hydrogen-bond donors (Lipinski definition) is 1. The first-order valence-corrected chi connectivity index (χ1v) is 4.14. The molecule has 0 aromatic rings. The zero-order valence-electron chi connectivity index (χ0n) is 7.35. The average molecular weight is 187 g/mol. The minimum Gasteiger partial charge on any atom is -0.450 e. The van der Waals surface area contributed by atoms with Crippen molar-refractivity contribution in [1.82, 2.24) is 0 Å². The van der Waals surface area contributed by atoms with Crippen molar-refractivity contribution in [2.75, 3.05) is 13.2 Å². The van der Waals surface area contributed by atoms with Crippen LogP contribution in [0, 0.1) is 0 Å². The fourth-order valence-electron chi connectivity index (χ4n) is 0.842. The van der Waals surface area contributed by atoms with Crippen LogP contribution in [-0.4, -0.2) is 24.4 Å². The van der Waals surface area contributed by atoms with Crippen LogP contribution in [0.25, 0.3) is 10.4 Å². The molecule has 0 aliphatic heterocycles. The van der Waals surface area contributed by atoms with E-state index >= 15 is 0 Å². The Bertz CT molecular complexity index is 183. The highest BCUT2D eigenvalue weighted by molar-refractivity contribution is 5.56. The van der Waals surface area contributed by atoms with Gasteiger partial charge in [-0.15, -0.1) is 0 Å². The van der Waals surface area contributed by atoms with Crippen LogP contribution < -0.4 is 0 Å². The number of carboxylic acid groups (broad SMARTS) is 1. The lowest BCUT2D eigenvalue weighted by molar-refractivity contribution is 0.0900. The van der Waals surface area contributed by atoms with Crippen molar-refractivity contribution < 1.29 is 14.6 Å². The Morgan fingerprint density at radius 3 is 2.69 bits per heavy atom. The van der Waals surface area contributed by atoms with Crippen molar-refractivity contribution in [1.29, 1.82) is 0 Å². The third kappa shape index (κ3) is 10.6. The van der Waals surface area contributed by atoms with Crippen LogP contribution >= 0.6 is 0 Å². The third-order valence-corrected chi connectivity index (χ3v) is 1.44. The van der Waals surface area contributed by atoms with E-state index in [9.17, 15) is 4.79 Å². The number of carbonyl (C=O) groups is 1. The van der Waals surface area contributed by atoms with Gasteiger partial charge in [0.2, 0.25) is 0 Å². The van der Waals surface area contributed by atoms with E-state index < -0.39 is 6.16 Å². The summed E-state index contributed by atoms with van der Waals surface area (Å²) in [6, 6.07) is 0. The Morgan fingerprint density at radius 2 is 2.08 bits per heavy atom. The number of rotatable bonds is 7. The molecule has 0 fully saturated rings. The molecule has 0 rings (SSSR count). The molecule has 0 bridgehead atoms. The fraction of sp³-hybridized carbons (Fsp3) is 0.857. The van der Waals surface area contributed by atoms with E-state index in [4.69, 9.17) is 10.6 Å². The van der Waals surface area contributed by atoms with Crippen LogP contribution in [0.1, 0.15) is 25.7 Å². The SMILES string of the molecule is [N-]=[N+]=NCCCCCCOC(=O)O. The van der Waals surface area contributed by atoms with Crippen molar-refractivity contribution in [3.8, 4) is 0 Å². The van der Waals surface area contributed by atoms with Crippen LogP contribution in [0.3, 0.4) is 0 Å². The first-order valence-electron chi connectivity index (χ1n) is 4.14. The molecular weight excluding hydrogens is 174 g/mol. The van der Waals surface area contributed by atoms with E-state index in [0.29, 0.717) is 6.54 Å². The van der Waals surface area contributed by atoms with Gasteiger partial charge in [-0.05, 0) is 18.4 Å². The summed E-state index contributed by atoms with van der Waals surface area (Å²) < 4.78 is 4.30. The summed E-state index contributed by atoms with van der Waals surface area (Å²) in [5, 5.41) is 11.5. The van der Waals surface area contributed by atoms with Crippen molar-refractivity contribution in [2.45, 2.75) is 25.7 Å². The monoisotopic (exact) mass is 187 g/mol. The Morgan fingerprint density at radius 1 is 1.38 bits per heavy atom. The molecule has 0 aliphatic rings. The van der Waals surface area contributed by atoms with E-state index in [1.807, 2.05) is 0 Å². The third-order valence-electron chi connectivity index (χ3n) is 1.44. The van der Waals surface area contributed by atoms with Gasteiger partial charge in [0.1, 0.15) is 0 Å². The van der Waals surface area contributed by atoms with E-state index in [0.717, 1.165) is 25.7 Å². The van der Waals surface area contributed by atoms with Crippen LogP contribution in [0.15, 0.2) is 5.11 Å². The lowest BCUT2D eigenvalue weighted by Gasteiger charge is -1.99. The molecule has 13 heavy (non-hydrogen) atoms. The maximum Gasteiger partial charge on any atom is 0.505 e. The summed E-state index contributed by atoms with van der Waals surface area (Å²) in [5.74, 6) is 0. The summed E-state index contributed by atoms with van der Waals surface area (Å²) in [6.45, 7) is 0.757. The van der Waals surface area contributed by atoms with Gasteiger partial charge < -0.3 is 9.84 Å². The maximum absolute atomic E-state index is 9.90. The van der Waals surface area contributed by atoms with E-state index in [1.165, 1.54) is 0 Å². The summed E-state index contributed by atoms with van der Waals surface area (Å²) in [5.41, 5.74) is 7.94. The molecular formula is C7H13N3O3. The Kier molecular flexibility index (Phi) is 7.73. The summed E-state index contributed by atoms with van der Waals surface area (Å²) in [4.78, 5) is 12.5. The van der Waals surface area contributed by atoms with Gasteiger partial charge in [-0.2, -0.15) is 0 Å². The van der Waals surface area contributed by atoms with Gasteiger partial charge in [0.15, 0.2) is 0 Å². The van der Waals surface area contributed by atoms with Crippen molar-refractivity contribution >= 4 is 6.16 Å². The number of hydrogen-bond acceptors (Lipinski definition) is 3. The Hall–Kier alpha value is -1.42. The predicted octanol–water partition coefficient (Wildman–Crippen LogP) is 2.55. The molecule has 0 saturated heterocycles. The maximum atomic E-state index is 9.90. The highest BCUT2D eigenvalue weighted by atomic mass is 16.7. The summed E-state index contributed by atoms with van der Waals surface area (Å²) >= 11 is 0. The second-order valence-corrected chi connectivity index (χ2v) is 2.48.